The summed E-state index contributed by atoms with van der Waals surface area (Å²) in [7, 11) is 0. The number of alkyl carbamates (subject to hydrolysis) is 1. The van der Waals surface area contributed by atoms with E-state index < -0.39 is 36.0 Å². The molecule has 2 aliphatic rings. The van der Waals surface area contributed by atoms with E-state index in [0.29, 0.717) is 12.8 Å². The average molecular weight is 473 g/mol. The van der Waals surface area contributed by atoms with E-state index in [0.717, 1.165) is 22.3 Å². The van der Waals surface area contributed by atoms with Crippen molar-refractivity contribution in [1.82, 2.24) is 10.6 Å². The van der Waals surface area contributed by atoms with Gasteiger partial charge in [0.05, 0.1) is 5.92 Å². The maximum absolute atomic E-state index is 12.9. The van der Waals surface area contributed by atoms with Crippen molar-refractivity contribution in [2.45, 2.75) is 44.2 Å². The number of aliphatic carboxylic acids is 1. The van der Waals surface area contributed by atoms with Crippen LogP contribution in [-0.2, 0) is 14.3 Å². The lowest BCUT2D eigenvalue weighted by atomic mass is 9.91. The van der Waals surface area contributed by atoms with E-state index in [4.69, 9.17) is 4.74 Å². The fourth-order valence-corrected chi connectivity index (χ4v) is 4.68. The van der Waals surface area contributed by atoms with Crippen LogP contribution in [0.1, 0.15) is 43.2 Å². The van der Waals surface area contributed by atoms with Gasteiger partial charge in [0.2, 0.25) is 5.91 Å². The van der Waals surface area contributed by atoms with E-state index in [9.17, 15) is 19.5 Å². The summed E-state index contributed by atoms with van der Waals surface area (Å²) in [5.74, 6) is 3.61. The third-order valence-electron chi connectivity index (χ3n) is 6.44. The molecule has 2 aliphatic carbocycles. The molecule has 0 heterocycles. The number of hydrogen-bond acceptors (Lipinski definition) is 4. The Labute approximate surface area is 204 Å². The van der Waals surface area contributed by atoms with Crippen molar-refractivity contribution in [2.75, 3.05) is 6.61 Å². The molecule has 2 aromatic rings. The molecule has 2 amide bonds. The van der Waals surface area contributed by atoms with Crippen LogP contribution in [0.4, 0.5) is 4.79 Å². The maximum atomic E-state index is 12.9. The van der Waals surface area contributed by atoms with Crippen LogP contribution in [0.3, 0.4) is 0 Å². The van der Waals surface area contributed by atoms with Gasteiger partial charge in [0, 0.05) is 18.4 Å². The molecule has 3 N–H and O–H groups in total. The van der Waals surface area contributed by atoms with Gasteiger partial charge < -0.3 is 20.5 Å². The molecule has 3 atom stereocenters. The zero-order valence-electron chi connectivity index (χ0n) is 19.5. The molecule has 0 saturated carbocycles. The molecule has 35 heavy (non-hydrogen) atoms. The molecule has 7 nitrogen and oxygen atoms in total. The summed E-state index contributed by atoms with van der Waals surface area (Å²) in [5.41, 5.74) is 4.47. The smallest absolute Gasteiger partial charge is 0.407 e. The Balaban J connectivity index is 1.39. The van der Waals surface area contributed by atoms with E-state index in [2.05, 4.69) is 34.6 Å². The van der Waals surface area contributed by atoms with Gasteiger partial charge >= 0.3 is 12.1 Å². The van der Waals surface area contributed by atoms with Crippen LogP contribution in [0.2, 0.25) is 0 Å². The standard InChI is InChI=1S/C28H28N2O5/c1-2-3-15-25(26(31)29-19-10-8-9-18(16-19)27(32)33)30-28(34)35-17-24-22-13-6-4-11-20(22)21-12-5-7-14-23(21)24/h4-8,10-14,18-19,24-25H,9,15-17H2,1H3,(H,29,31)(H,30,34)(H,32,33)/t18-,19-,25?/m0/s1. The first-order valence-corrected chi connectivity index (χ1v) is 11.7. The number of carbonyl (C=O) groups is 3. The number of amides is 2. The van der Waals surface area contributed by atoms with Gasteiger partial charge in [-0.3, -0.25) is 9.59 Å². The molecular formula is C28H28N2O5. The number of carboxylic acid groups (broad SMARTS) is 1. The number of hydrogen-bond donors (Lipinski definition) is 3. The SMILES string of the molecule is CC#CCC(NC(=O)OCC1c2ccccc2-c2ccccc21)C(=O)N[C@H]1C=CC[C@H](C(=O)O)C1. The van der Waals surface area contributed by atoms with Gasteiger partial charge in [0.15, 0.2) is 0 Å². The summed E-state index contributed by atoms with van der Waals surface area (Å²) in [6.07, 6.45) is 3.69. The molecule has 0 fully saturated rings. The Hall–Kier alpha value is -4.05. The normalized spacial score (nSPS) is 18.9. The third kappa shape index (κ3) is 5.55. The number of ether oxygens (including phenoxy) is 1. The molecule has 2 aromatic carbocycles. The molecule has 4 rings (SSSR count). The number of carboxylic acids is 1. The monoisotopic (exact) mass is 472 g/mol. The molecular weight excluding hydrogens is 444 g/mol. The molecule has 0 bridgehead atoms. The lowest BCUT2D eigenvalue weighted by molar-refractivity contribution is -0.142. The van der Waals surface area contributed by atoms with Crippen molar-refractivity contribution in [2.24, 2.45) is 5.92 Å². The summed E-state index contributed by atoms with van der Waals surface area (Å²) in [6, 6.07) is 14.8. The molecule has 0 aromatic heterocycles. The van der Waals surface area contributed by atoms with E-state index in [1.165, 1.54) is 0 Å². The number of rotatable bonds is 7. The fourth-order valence-electron chi connectivity index (χ4n) is 4.68. The fraction of sp³-hybridized carbons (Fsp3) is 0.321. The van der Waals surface area contributed by atoms with Crippen LogP contribution in [0, 0.1) is 17.8 Å². The minimum absolute atomic E-state index is 0.0869. The van der Waals surface area contributed by atoms with Crippen LogP contribution >= 0.6 is 0 Å². The Bertz CT molecular complexity index is 1160. The van der Waals surface area contributed by atoms with Crippen molar-refractivity contribution in [1.29, 1.82) is 0 Å². The molecule has 0 aliphatic heterocycles. The molecule has 0 saturated heterocycles. The van der Waals surface area contributed by atoms with Crippen molar-refractivity contribution < 1.29 is 24.2 Å². The Morgan fingerprint density at radius 2 is 1.74 bits per heavy atom. The minimum atomic E-state index is -0.920. The van der Waals surface area contributed by atoms with E-state index in [-0.39, 0.29) is 18.9 Å². The summed E-state index contributed by atoms with van der Waals surface area (Å²) >= 11 is 0. The van der Waals surface area contributed by atoms with Crippen molar-refractivity contribution >= 4 is 18.0 Å². The second-order valence-electron chi connectivity index (χ2n) is 8.70. The van der Waals surface area contributed by atoms with E-state index in [1.807, 2.05) is 36.4 Å². The highest BCUT2D eigenvalue weighted by atomic mass is 16.5. The van der Waals surface area contributed by atoms with Gasteiger partial charge in [-0.2, -0.15) is 0 Å². The Morgan fingerprint density at radius 1 is 1.09 bits per heavy atom. The Kier molecular flexibility index (Phi) is 7.51. The summed E-state index contributed by atoms with van der Waals surface area (Å²) in [6.45, 7) is 1.79. The third-order valence-corrected chi connectivity index (χ3v) is 6.44. The van der Waals surface area contributed by atoms with Crippen molar-refractivity contribution in [3.05, 3.63) is 71.8 Å². The van der Waals surface area contributed by atoms with Gasteiger partial charge in [-0.05, 0) is 42.0 Å². The number of carbonyl (C=O) groups excluding carboxylic acids is 2. The van der Waals surface area contributed by atoms with Gasteiger partial charge in [0.1, 0.15) is 12.6 Å². The van der Waals surface area contributed by atoms with Gasteiger partial charge in [-0.1, -0.05) is 60.7 Å². The van der Waals surface area contributed by atoms with Gasteiger partial charge in [-0.25, -0.2) is 4.79 Å². The highest BCUT2D eigenvalue weighted by molar-refractivity contribution is 5.86. The quantitative estimate of drug-likeness (QED) is 0.420. The summed E-state index contributed by atoms with van der Waals surface area (Å²) < 4.78 is 5.57. The first-order chi connectivity index (χ1) is 17.0. The van der Waals surface area contributed by atoms with E-state index in [1.54, 1.807) is 19.1 Å². The maximum Gasteiger partial charge on any atom is 0.407 e. The topological polar surface area (TPSA) is 105 Å². The first-order valence-electron chi connectivity index (χ1n) is 11.7. The second-order valence-corrected chi connectivity index (χ2v) is 8.70. The second kappa shape index (κ2) is 10.9. The zero-order valence-corrected chi connectivity index (χ0v) is 19.5. The molecule has 0 radical (unpaired) electrons. The Morgan fingerprint density at radius 3 is 2.37 bits per heavy atom. The lowest BCUT2D eigenvalue weighted by Gasteiger charge is -2.25. The molecule has 0 spiro atoms. The zero-order chi connectivity index (χ0) is 24.8. The number of nitrogens with one attached hydrogen (secondary N) is 2. The van der Waals surface area contributed by atoms with Crippen molar-refractivity contribution in [3.63, 3.8) is 0 Å². The first kappa shape index (κ1) is 24.1. The van der Waals surface area contributed by atoms with Crippen LogP contribution in [-0.4, -0.2) is 41.8 Å². The summed E-state index contributed by atoms with van der Waals surface area (Å²) in [5, 5.41) is 14.7. The van der Waals surface area contributed by atoms with Crippen LogP contribution in [0.5, 0.6) is 0 Å². The molecule has 1 unspecified atom stereocenters. The highest BCUT2D eigenvalue weighted by Crippen LogP contribution is 2.44. The highest BCUT2D eigenvalue weighted by Gasteiger charge is 2.30. The van der Waals surface area contributed by atoms with Gasteiger partial charge in [0.25, 0.3) is 0 Å². The minimum Gasteiger partial charge on any atom is -0.481 e. The summed E-state index contributed by atoms with van der Waals surface area (Å²) in [4.78, 5) is 36.9. The predicted molar refractivity (Wildman–Crippen MR) is 131 cm³/mol. The van der Waals surface area contributed by atoms with Crippen molar-refractivity contribution in [3.8, 4) is 23.0 Å². The van der Waals surface area contributed by atoms with Gasteiger partial charge in [-0.15, -0.1) is 11.8 Å². The number of fused-ring (bicyclic) bond motifs is 3. The lowest BCUT2D eigenvalue weighted by Crippen LogP contribution is -2.50. The molecule has 180 valence electrons. The van der Waals surface area contributed by atoms with E-state index >= 15 is 0 Å². The molecule has 7 heteroatoms. The van der Waals surface area contributed by atoms with Crippen LogP contribution < -0.4 is 10.6 Å². The predicted octanol–water partition coefficient (Wildman–Crippen LogP) is 3.84. The van der Waals surface area contributed by atoms with Crippen LogP contribution in [0.15, 0.2) is 60.7 Å². The number of allylic oxidation sites excluding steroid dienone is 1. The van der Waals surface area contributed by atoms with Crippen LogP contribution in [0.25, 0.3) is 11.1 Å². The average Bonchev–Trinajstić information content (AvgIpc) is 3.19. The number of benzene rings is 2. The largest absolute Gasteiger partial charge is 0.481 e.